The average molecular weight is 402 g/mol. The fourth-order valence-corrected chi connectivity index (χ4v) is 2.92. The summed E-state index contributed by atoms with van der Waals surface area (Å²) in [4.78, 5) is 24.4. The molecule has 30 heavy (non-hydrogen) atoms. The molecule has 154 valence electrons. The van der Waals surface area contributed by atoms with Crippen molar-refractivity contribution in [3.05, 3.63) is 90.0 Å². The molecule has 4 heteroatoms. The number of rotatable bonds is 9. The Morgan fingerprint density at radius 2 is 1.33 bits per heavy atom. The lowest BCUT2D eigenvalue weighted by atomic mass is 9.99. The minimum atomic E-state index is -0.208. The van der Waals surface area contributed by atoms with Gasteiger partial charge in [-0.15, -0.1) is 0 Å². The number of carbonyl (C=O) groups excluding carboxylic acids is 2. The number of hydrogen-bond acceptors (Lipinski definition) is 4. The van der Waals surface area contributed by atoms with Gasteiger partial charge >= 0.3 is 5.97 Å². The van der Waals surface area contributed by atoms with Crippen molar-refractivity contribution in [3.63, 3.8) is 0 Å². The highest BCUT2D eigenvalue weighted by molar-refractivity contribution is 6.09. The van der Waals surface area contributed by atoms with E-state index in [2.05, 4.69) is 0 Å². The van der Waals surface area contributed by atoms with Gasteiger partial charge in [-0.2, -0.15) is 0 Å². The lowest BCUT2D eigenvalue weighted by Gasteiger charge is -2.10. The Kier molecular flexibility index (Phi) is 7.39. The first-order valence-electron chi connectivity index (χ1n) is 10.2. The summed E-state index contributed by atoms with van der Waals surface area (Å²) >= 11 is 0. The van der Waals surface area contributed by atoms with E-state index in [1.165, 1.54) is 0 Å². The lowest BCUT2D eigenvalue weighted by molar-refractivity contribution is -0.148. The molecule has 0 aliphatic carbocycles. The molecule has 3 rings (SSSR count). The summed E-state index contributed by atoms with van der Waals surface area (Å²) in [7, 11) is 0. The molecular weight excluding hydrogens is 376 g/mol. The highest BCUT2D eigenvalue weighted by atomic mass is 16.6. The van der Waals surface area contributed by atoms with E-state index in [-0.39, 0.29) is 30.9 Å². The minimum Gasteiger partial charge on any atom is -0.490 e. The van der Waals surface area contributed by atoms with Crippen molar-refractivity contribution in [3.8, 4) is 16.9 Å². The largest absolute Gasteiger partial charge is 0.490 e. The third-order valence-electron chi connectivity index (χ3n) is 4.98. The van der Waals surface area contributed by atoms with Crippen molar-refractivity contribution in [1.29, 1.82) is 0 Å². The minimum absolute atomic E-state index is 0.0383. The monoisotopic (exact) mass is 402 g/mol. The van der Waals surface area contributed by atoms with Crippen LogP contribution in [-0.2, 0) is 9.53 Å². The molecule has 4 nitrogen and oxygen atoms in total. The van der Waals surface area contributed by atoms with Crippen LogP contribution in [0.5, 0.6) is 5.75 Å². The predicted octanol–water partition coefficient (Wildman–Crippen LogP) is 5.55. The van der Waals surface area contributed by atoms with Crippen LogP contribution in [0.4, 0.5) is 0 Å². The number of hydrogen-bond donors (Lipinski definition) is 0. The predicted molar refractivity (Wildman–Crippen MR) is 118 cm³/mol. The van der Waals surface area contributed by atoms with Gasteiger partial charge < -0.3 is 9.47 Å². The normalized spacial score (nSPS) is 11.5. The molecule has 0 fully saturated rings. The van der Waals surface area contributed by atoms with Crippen molar-refractivity contribution < 1.29 is 19.1 Å². The van der Waals surface area contributed by atoms with E-state index >= 15 is 0 Å². The molecule has 1 unspecified atom stereocenters. The first-order chi connectivity index (χ1) is 14.6. The van der Waals surface area contributed by atoms with Crippen LogP contribution in [0, 0.1) is 5.92 Å². The fraction of sp³-hybridized carbons (Fsp3) is 0.231. The second kappa shape index (κ2) is 10.4. The molecule has 0 bridgehead atoms. The Labute approximate surface area is 177 Å². The summed E-state index contributed by atoms with van der Waals surface area (Å²) in [5, 5.41) is 0. The molecule has 0 saturated heterocycles. The van der Waals surface area contributed by atoms with Gasteiger partial charge in [-0.3, -0.25) is 9.59 Å². The number of benzene rings is 3. The molecule has 0 aromatic heterocycles. The van der Waals surface area contributed by atoms with E-state index in [9.17, 15) is 9.59 Å². The Hall–Kier alpha value is -3.40. The van der Waals surface area contributed by atoms with E-state index in [1.807, 2.05) is 68.4 Å². The van der Waals surface area contributed by atoms with Crippen LogP contribution in [0.1, 0.15) is 36.2 Å². The van der Waals surface area contributed by atoms with Gasteiger partial charge in [-0.25, -0.2) is 0 Å². The van der Waals surface area contributed by atoms with Gasteiger partial charge in [0.05, 0.1) is 5.92 Å². The molecule has 0 spiro atoms. The quantitative estimate of drug-likeness (QED) is 0.267. The molecule has 0 saturated carbocycles. The fourth-order valence-electron chi connectivity index (χ4n) is 2.92. The summed E-state index contributed by atoms with van der Waals surface area (Å²) in [6, 6.07) is 24.7. The first-order valence-corrected chi connectivity index (χ1v) is 10.2. The lowest BCUT2D eigenvalue weighted by Crippen LogP contribution is -2.17. The van der Waals surface area contributed by atoms with E-state index in [0.717, 1.165) is 17.5 Å². The van der Waals surface area contributed by atoms with Gasteiger partial charge in [0.2, 0.25) is 0 Å². The molecule has 3 aromatic rings. The van der Waals surface area contributed by atoms with E-state index < -0.39 is 0 Å². The Bertz CT molecular complexity index is 960. The number of ketones is 1. The molecule has 3 aromatic carbocycles. The summed E-state index contributed by atoms with van der Waals surface area (Å²) in [6.07, 6.45) is 0.754. The zero-order valence-corrected chi connectivity index (χ0v) is 17.3. The number of carbonyl (C=O) groups is 2. The molecule has 1 atom stereocenters. The van der Waals surface area contributed by atoms with Crippen molar-refractivity contribution in [1.82, 2.24) is 0 Å². The topological polar surface area (TPSA) is 52.6 Å². The summed E-state index contributed by atoms with van der Waals surface area (Å²) < 4.78 is 10.7. The van der Waals surface area contributed by atoms with Crippen LogP contribution in [-0.4, -0.2) is 25.0 Å². The maximum absolute atomic E-state index is 12.7. The molecule has 0 heterocycles. The molecule has 0 N–H and O–H groups in total. The third kappa shape index (κ3) is 5.57. The third-order valence-corrected chi connectivity index (χ3v) is 4.98. The van der Waals surface area contributed by atoms with Crippen molar-refractivity contribution in [2.75, 3.05) is 13.2 Å². The number of ether oxygens (including phenoxy) is 2. The highest BCUT2D eigenvalue weighted by Crippen LogP contribution is 2.21. The van der Waals surface area contributed by atoms with Crippen LogP contribution in [0.3, 0.4) is 0 Å². The van der Waals surface area contributed by atoms with Crippen LogP contribution >= 0.6 is 0 Å². The Balaban J connectivity index is 1.54. The van der Waals surface area contributed by atoms with Gasteiger partial charge in [0, 0.05) is 11.1 Å². The smallest absolute Gasteiger partial charge is 0.308 e. The SMILES string of the molecule is CCC(C)C(=O)OCCOc1ccc(C(=O)c2ccc(-c3ccccc3)cc2)cc1. The number of esters is 1. The van der Waals surface area contributed by atoms with E-state index in [1.54, 1.807) is 24.3 Å². The maximum atomic E-state index is 12.7. The zero-order chi connectivity index (χ0) is 21.3. The summed E-state index contributed by atoms with van der Waals surface area (Å²) in [5.41, 5.74) is 3.43. The van der Waals surface area contributed by atoms with E-state index in [4.69, 9.17) is 9.47 Å². The zero-order valence-electron chi connectivity index (χ0n) is 17.3. The van der Waals surface area contributed by atoms with Gasteiger partial charge in [0.25, 0.3) is 0 Å². The first kappa shape index (κ1) is 21.3. The maximum Gasteiger partial charge on any atom is 0.308 e. The van der Waals surface area contributed by atoms with Crippen molar-refractivity contribution >= 4 is 11.8 Å². The standard InChI is InChI=1S/C26H26O4/c1-3-19(2)26(28)30-18-17-29-24-15-13-23(14-16-24)25(27)22-11-9-21(10-12-22)20-7-5-4-6-8-20/h4-16,19H,3,17-18H2,1-2H3. The molecule has 0 aliphatic rings. The van der Waals surface area contributed by atoms with Crippen molar-refractivity contribution in [2.24, 2.45) is 5.92 Å². The molecule has 0 aliphatic heterocycles. The summed E-state index contributed by atoms with van der Waals surface area (Å²) in [6.45, 7) is 4.27. The van der Waals surface area contributed by atoms with Crippen LogP contribution in [0.25, 0.3) is 11.1 Å². The Morgan fingerprint density at radius 1 is 0.767 bits per heavy atom. The van der Waals surface area contributed by atoms with Gasteiger partial charge in [-0.1, -0.05) is 68.4 Å². The van der Waals surface area contributed by atoms with Gasteiger partial charge in [-0.05, 0) is 41.8 Å². The van der Waals surface area contributed by atoms with Crippen LogP contribution in [0.2, 0.25) is 0 Å². The van der Waals surface area contributed by atoms with Gasteiger partial charge in [0.1, 0.15) is 19.0 Å². The molecule has 0 radical (unpaired) electrons. The average Bonchev–Trinajstić information content (AvgIpc) is 2.81. The summed E-state index contributed by atoms with van der Waals surface area (Å²) in [5.74, 6) is 0.284. The van der Waals surface area contributed by atoms with E-state index in [0.29, 0.717) is 16.9 Å². The Morgan fingerprint density at radius 3 is 1.93 bits per heavy atom. The second-order valence-electron chi connectivity index (χ2n) is 7.12. The second-order valence-corrected chi connectivity index (χ2v) is 7.12. The van der Waals surface area contributed by atoms with Gasteiger partial charge in [0.15, 0.2) is 5.78 Å². The molecule has 0 amide bonds. The van der Waals surface area contributed by atoms with Crippen LogP contribution in [0.15, 0.2) is 78.9 Å². The highest BCUT2D eigenvalue weighted by Gasteiger charge is 2.12. The van der Waals surface area contributed by atoms with Crippen molar-refractivity contribution in [2.45, 2.75) is 20.3 Å². The molecular formula is C26H26O4. The van der Waals surface area contributed by atoms with Crippen LogP contribution < -0.4 is 4.74 Å².